The van der Waals surface area contributed by atoms with Gasteiger partial charge < -0.3 is 5.32 Å². The number of benzene rings is 1. The molecule has 5 heteroatoms. The normalized spacial score (nSPS) is 11.0. The summed E-state index contributed by atoms with van der Waals surface area (Å²) in [6.07, 6.45) is 3.13. The van der Waals surface area contributed by atoms with E-state index in [1.165, 1.54) is 18.2 Å². The molecule has 1 N–H and O–H groups in total. The van der Waals surface area contributed by atoms with Crippen LogP contribution in [0.3, 0.4) is 0 Å². The van der Waals surface area contributed by atoms with E-state index in [9.17, 15) is 9.18 Å². The fourth-order valence-electron chi connectivity index (χ4n) is 1.94. The molecule has 0 atom stereocenters. The van der Waals surface area contributed by atoms with Crippen LogP contribution < -0.4 is 5.32 Å². The molecule has 0 unspecified atom stereocenters. The van der Waals surface area contributed by atoms with Crippen molar-refractivity contribution in [3.8, 4) is 0 Å². The van der Waals surface area contributed by atoms with Gasteiger partial charge in [0.25, 0.3) is 0 Å². The van der Waals surface area contributed by atoms with Gasteiger partial charge in [-0.3, -0.25) is 9.48 Å². The number of rotatable bonds is 3. The van der Waals surface area contributed by atoms with Gasteiger partial charge in [0.05, 0.1) is 5.69 Å². The average Bonchev–Trinajstić information content (AvgIpc) is 2.61. The summed E-state index contributed by atoms with van der Waals surface area (Å²) < 4.78 is 14.8. The SMILES string of the molecule is Cc1nn(C)c(C)c1/C=C/C(=O)Nc1cccc(F)c1. The smallest absolute Gasteiger partial charge is 0.248 e. The Morgan fingerprint density at radius 1 is 1.40 bits per heavy atom. The van der Waals surface area contributed by atoms with Crippen molar-refractivity contribution in [1.82, 2.24) is 9.78 Å². The van der Waals surface area contributed by atoms with Crippen LogP contribution in [-0.2, 0) is 11.8 Å². The number of hydrogen-bond acceptors (Lipinski definition) is 2. The largest absolute Gasteiger partial charge is 0.322 e. The second kappa shape index (κ2) is 5.69. The van der Waals surface area contributed by atoms with Gasteiger partial charge in [0.1, 0.15) is 5.82 Å². The molecule has 2 aromatic rings. The third-order valence-electron chi connectivity index (χ3n) is 3.06. The molecule has 0 spiro atoms. The van der Waals surface area contributed by atoms with Gasteiger partial charge >= 0.3 is 0 Å². The molecule has 0 fully saturated rings. The van der Waals surface area contributed by atoms with E-state index in [4.69, 9.17) is 0 Å². The molecular formula is C15H16FN3O. The minimum atomic E-state index is -0.384. The Kier molecular flexibility index (Phi) is 3.98. The number of amides is 1. The zero-order valence-corrected chi connectivity index (χ0v) is 11.6. The zero-order valence-electron chi connectivity index (χ0n) is 11.6. The average molecular weight is 273 g/mol. The van der Waals surface area contributed by atoms with Crippen molar-refractivity contribution >= 4 is 17.7 Å². The first kappa shape index (κ1) is 14.0. The molecule has 1 aromatic heterocycles. The number of nitrogens with zero attached hydrogens (tertiary/aromatic N) is 2. The molecule has 1 aromatic carbocycles. The molecule has 0 aliphatic carbocycles. The molecule has 1 heterocycles. The van der Waals surface area contributed by atoms with Crippen LogP contribution >= 0.6 is 0 Å². The van der Waals surface area contributed by atoms with Crippen LogP contribution in [0, 0.1) is 19.7 Å². The monoisotopic (exact) mass is 273 g/mol. The second-order valence-electron chi connectivity index (χ2n) is 4.54. The summed E-state index contributed by atoms with van der Waals surface area (Å²) in [6.45, 7) is 3.82. The number of carbonyl (C=O) groups is 1. The number of aromatic nitrogens is 2. The molecular weight excluding hydrogens is 257 g/mol. The lowest BCUT2D eigenvalue weighted by molar-refractivity contribution is -0.111. The summed E-state index contributed by atoms with van der Waals surface area (Å²) in [6, 6.07) is 5.78. The molecule has 20 heavy (non-hydrogen) atoms. The van der Waals surface area contributed by atoms with Gasteiger partial charge in [0, 0.05) is 30.1 Å². The number of nitrogens with one attached hydrogen (secondary N) is 1. The predicted molar refractivity (Wildman–Crippen MR) is 76.7 cm³/mol. The van der Waals surface area contributed by atoms with Crippen molar-refractivity contribution in [3.63, 3.8) is 0 Å². The van der Waals surface area contributed by atoms with E-state index in [1.807, 2.05) is 20.9 Å². The summed E-state index contributed by atoms with van der Waals surface area (Å²) in [4.78, 5) is 11.8. The van der Waals surface area contributed by atoms with Crippen LogP contribution in [0.5, 0.6) is 0 Å². The quantitative estimate of drug-likeness (QED) is 0.874. The highest BCUT2D eigenvalue weighted by molar-refractivity contribution is 6.02. The van der Waals surface area contributed by atoms with Gasteiger partial charge in [-0.2, -0.15) is 5.10 Å². The molecule has 0 radical (unpaired) electrons. The standard InChI is InChI=1S/C15H16FN3O/c1-10-14(11(2)19(3)18-10)7-8-15(20)17-13-6-4-5-12(16)9-13/h4-9H,1-3H3,(H,17,20)/b8-7+. The molecule has 104 valence electrons. The highest BCUT2D eigenvalue weighted by atomic mass is 19.1. The van der Waals surface area contributed by atoms with Crippen molar-refractivity contribution in [2.24, 2.45) is 7.05 Å². The lowest BCUT2D eigenvalue weighted by atomic mass is 10.2. The maximum absolute atomic E-state index is 13.0. The fourth-order valence-corrected chi connectivity index (χ4v) is 1.94. The van der Waals surface area contributed by atoms with Gasteiger partial charge in [-0.05, 0) is 38.1 Å². The van der Waals surface area contributed by atoms with Gasteiger partial charge in [0.15, 0.2) is 0 Å². The number of anilines is 1. The van der Waals surface area contributed by atoms with E-state index < -0.39 is 0 Å². The van der Waals surface area contributed by atoms with E-state index in [2.05, 4.69) is 10.4 Å². The number of hydrogen-bond donors (Lipinski definition) is 1. The minimum Gasteiger partial charge on any atom is -0.322 e. The third-order valence-corrected chi connectivity index (χ3v) is 3.06. The van der Waals surface area contributed by atoms with Crippen molar-refractivity contribution < 1.29 is 9.18 Å². The van der Waals surface area contributed by atoms with Crippen LogP contribution in [0.4, 0.5) is 10.1 Å². The first-order valence-corrected chi connectivity index (χ1v) is 6.22. The fraction of sp³-hybridized carbons (Fsp3) is 0.200. The van der Waals surface area contributed by atoms with Crippen molar-refractivity contribution in [2.75, 3.05) is 5.32 Å². The molecule has 0 aliphatic rings. The summed E-state index contributed by atoms with van der Waals surface area (Å²) in [5.41, 5.74) is 3.19. The van der Waals surface area contributed by atoms with Crippen LogP contribution in [0.15, 0.2) is 30.3 Å². The lowest BCUT2D eigenvalue weighted by Gasteiger charge is -2.01. The van der Waals surface area contributed by atoms with Crippen LogP contribution in [0.25, 0.3) is 6.08 Å². The van der Waals surface area contributed by atoms with Crippen molar-refractivity contribution in [1.29, 1.82) is 0 Å². The summed E-state index contributed by atoms with van der Waals surface area (Å²) >= 11 is 0. The molecule has 2 rings (SSSR count). The molecule has 0 bridgehead atoms. The minimum absolute atomic E-state index is 0.307. The summed E-state index contributed by atoms with van der Waals surface area (Å²) in [7, 11) is 1.85. The van der Waals surface area contributed by atoms with Crippen LogP contribution in [-0.4, -0.2) is 15.7 Å². The Hall–Kier alpha value is -2.43. The highest BCUT2D eigenvalue weighted by Crippen LogP contribution is 2.14. The Morgan fingerprint density at radius 3 is 2.75 bits per heavy atom. The topological polar surface area (TPSA) is 46.9 Å². The highest BCUT2D eigenvalue weighted by Gasteiger charge is 2.06. The summed E-state index contributed by atoms with van der Waals surface area (Å²) in [5, 5.41) is 6.87. The van der Waals surface area contributed by atoms with E-state index in [0.717, 1.165) is 17.0 Å². The van der Waals surface area contributed by atoms with E-state index >= 15 is 0 Å². The van der Waals surface area contributed by atoms with Crippen LogP contribution in [0.1, 0.15) is 17.0 Å². The van der Waals surface area contributed by atoms with E-state index in [0.29, 0.717) is 5.69 Å². The van der Waals surface area contributed by atoms with Crippen LogP contribution in [0.2, 0.25) is 0 Å². The van der Waals surface area contributed by atoms with E-state index in [-0.39, 0.29) is 11.7 Å². The molecule has 0 saturated heterocycles. The van der Waals surface area contributed by atoms with E-state index in [1.54, 1.807) is 22.9 Å². The summed E-state index contributed by atoms with van der Waals surface area (Å²) in [5.74, 6) is -0.691. The maximum atomic E-state index is 13.0. The Balaban J connectivity index is 2.10. The number of halogens is 1. The van der Waals surface area contributed by atoms with Crippen molar-refractivity contribution in [3.05, 3.63) is 53.1 Å². The first-order chi connectivity index (χ1) is 9.47. The van der Waals surface area contributed by atoms with Gasteiger partial charge in [-0.15, -0.1) is 0 Å². The van der Waals surface area contributed by atoms with Crippen molar-refractivity contribution in [2.45, 2.75) is 13.8 Å². The van der Waals surface area contributed by atoms with Gasteiger partial charge in [0.2, 0.25) is 5.91 Å². The first-order valence-electron chi connectivity index (χ1n) is 6.22. The maximum Gasteiger partial charge on any atom is 0.248 e. The third kappa shape index (κ3) is 3.12. The molecule has 0 aliphatic heterocycles. The van der Waals surface area contributed by atoms with Gasteiger partial charge in [-0.25, -0.2) is 4.39 Å². The Morgan fingerprint density at radius 2 is 2.15 bits per heavy atom. The lowest BCUT2D eigenvalue weighted by Crippen LogP contribution is -2.07. The molecule has 4 nitrogen and oxygen atoms in total. The molecule has 0 saturated carbocycles. The van der Waals surface area contributed by atoms with Gasteiger partial charge in [-0.1, -0.05) is 6.07 Å². The second-order valence-corrected chi connectivity index (χ2v) is 4.54. The Labute approximate surface area is 116 Å². The number of carbonyl (C=O) groups excluding carboxylic acids is 1. The number of aryl methyl sites for hydroxylation is 2. The zero-order chi connectivity index (χ0) is 14.7. The molecule has 1 amide bonds. The predicted octanol–water partition coefficient (Wildman–Crippen LogP) is 2.83. The Bertz CT molecular complexity index is 674.